The number of phenols is 1. The summed E-state index contributed by atoms with van der Waals surface area (Å²) in [5, 5.41) is 9.76. The highest BCUT2D eigenvalue weighted by Gasteiger charge is 2.24. The van der Waals surface area contributed by atoms with Gasteiger partial charge in [-0.05, 0) is 75.5 Å². The molecular formula is C17H26N2O. The molecular weight excluding hydrogens is 248 g/mol. The van der Waals surface area contributed by atoms with Crippen molar-refractivity contribution in [2.24, 2.45) is 0 Å². The van der Waals surface area contributed by atoms with Gasteiger partial charge >= 0.3 is 0 Å². The number of hydrogen-bond acceptors (Lipinski definition) is 3. The molecule has 0 spiro atoms. The molecule has 1 saturated heterocycles. The number of phenolic OH excluding ortho intramolecular Hbond substituents is 1. The van der Waals surface area contributed by atoms with Crippen molar-refractivity contribution < 1.29 is 5.11 Å². The molecule has 1 aromatic rings. The van der Waals surface area contributed by atoms with Crippen LogP contribution in [0.2, 0.25) is 0 Å². The summed E-state index contributed by atoms with van der Waals surface area (Å²) in [6.45, 7) is 4.85. The summed E-state index contributed by atoms with van der Waals surface area (Å²) in [4.78, 5) is 5.05. The topological polar surface area (TPSA) is 26.7 Å². The van der Waals surface area contributed by atoms with Crippen LogP contribution in [0.3, 0.4) is 0 Å². The van der Waals surface area contributed by atoms with Crippen LogP contribution in [0.1, 0.15) is 42.9 Å². The zero-order chi connectivity index (χ0) is 13.9. The number of nitrogens with zero attached hydrogens (tertiary/aromatic N) is 2. The lowest BCUT2D eigenvalue weighted by Crippen LogP contribution is -2.35. The Morgan fingerprint density at radius 2 is 2.05 bits per heavy atom. The molecule has 1 aliphatic carbocycles. The highest BCUT2D eigenvalue weighted by atomic mass is 16.3. The lowest BCUT2D eigenvalue weighted by atomic mass is 9.87. The van der Waals surface area contributed by atoms with Crippen LogP contribution in [-0.4, -0.2) is 48.1 Å². The van der Waals surface area contributed by atoms with Gasteiger partial charge in [0.2, 0.25) is 0 Å². The van der Waals surface area contributed by atoms with Gasteiger partial charge in [-0.15, -0.1) is 0 Å². The molecule has 20 heavy (non-hydrogen) atoms. The van der Waals surface area contributed by atoms with E-state index >= 15 is 0 Å². The van der Waals surface area contributed by atoms with Crippen molar-refractivity contribution in [3.05, 3.63) is 29.3 Å². The summed E-state index contributed by atoms with van der Waals surface area (Å²) >= 11 is 0. The summed E-state index contributed by atoms with van der Waals surface area (Å²) in [7, 11) is 2.24. The lowest BCUT2D eigenvalue weighted by Gasteiger charge is -2.34. The van der Waals surface area contributed by atoms with Crippen molar-refractivity contribution >= 4 is 0 Å². The number of aryl methyl sites for hydroxylation is 1. The number of aromatic hydroxyl groups is 1. The molecule has 1 unspecified atom stereocenters. The SMILES string of the molecule is CN(CCN1CCCC1)C1CCCc2ccc(O)cc21. The minimum Gasteiger partial charge on any atom is -0.508 e. The molecule has 1 N–H and O–H groups in total. The van der Waals surface area contributed by atoms with E-state index in [0.29, 0.717) is 11.8 Å². The monoisotopic (exact) mass is 274 g/mol. The molecule has 0 amide bonds. The molecule has 1 heterocycles. The van der Waals surface area contributed by atoms with Crippen molar-refractivity contribution in [1.82, 2.24) is 9.80 Å². The molecule has 1 atom stereocenters. The van der Waals surface area contributed by atoms with Crippen LogP contribution in [0.4, 0.5) is 0 Å². The smallest absolute Gasteiger partial charge is 0.115 e. The van der Waals surface area contributed by atoms with E-state index < -0.39 is 0 Å². The van der Waals surface area contributed by atoms with Gasteiger partial charge in [-0.25, -0.2) is 0 Å². The Bertz CT molecular complexity index is 454. The molecule has 0 radical (unpaired) electrons. The quantitative estimate of drug-likeness (QED) is 0.914. The number of likely N-dealkylation sites (tertiary alicyclic amines) is 1. The average molecular weight is 274 g/mol. The van der Waals surface area contributed by atoms with Crippen molar-refractivity contribution in [3.63, 3.8) is 0 Å². The maximum Gasteiger partial charge on any atom is 0.115 e. The predicted octanol–water partition coefficient (Wildman–Crippen LogP) is 2.80. The van der Waals surface area contributed by atoms with Crippen molar-refractivity contribution in [2.45, 2.75) is 38.1 Å². The Morgan fingerprint density at radius 1 is 1.25 bits per heavy atom. The minimum absolute atomic E-state index is 0.406. The molecule has 1 aromatic carbocycles. The third kappa shape index (κ3) is 2.99. The summed E-state index contributed by atoms with van der Waals surface area (Å²) in [5.41, 5.74) is 2.77. The van der Waals surface area contributed by atoms with Crippen molar-refractivity contribution in [1.29, 1.82) is 0 Å². The van der Waals surface area contributed by atoms with E-state index in [1.165, 1.54) is 56.4 Å². The van der Waals surface area contributed by atoms with E-state index in [1.54, 1.807) is 0 Å². The fourth-order valence-electron chi connectivity index (χ4n) is 3.68. The van der Waals surface area contributed by atoms with Crippen LogP contribution in [0.25, 0.3) is 0 Å². The zero-order valence-corrected chi connectivity index (χ0v) is 12.5. The maximum atomic E-state index is 9.76. The molecule has 3 rings (SSSR count). The highest BCUT2D eigenvalue weighted by Crippen LogP contribution is 2.35. The fraction of sp³-hybridized carbons (Fsp3) is 0.647. The number of likely N-dealkylation sites (N-methyl/N-ethyl adjacent to an activating group) is 1. The van der Waals surface area contributed by atoms with Gasteiger partial charge in [0.1, 0.15) is 5.75 Å². The summed E-state index contributed by atoms with van der Waals surface area (Å²) in [6, 6.07) is 6.38. The Hall–Kier alpha value is -1.06. The van der Waals surface area contributed by atoms with Gasteiger partial charge in [0.25, 0.3) is 0 Å². The first-order valence-electron chi connectivity index (χ1n) is 7.98. The second-order valence-corrected chi connectivity index (χ2v) is 6.32. The van der Waals surface area contributed by atoms with Gasteiger partial charge in [-0.2, -0.15) is 0 Å². The van der Waals surface area contributed by atoms with Gasteiger partial charge in [-0.3, -0.25) is 4.90 Å². The first-order valence-corrected chi connectivity index (χ1v) is 7.98. The second kappa shape index (κ2) is 6.15. The first-order chi connectivity index (χ1) is 9.74. The maximum absolute atomic E-state index is 9.76. The van der Waals surface area contributed by atoms with E-state index in [2.05, 4.69) is 22.9 Å². The Kier molecular flexibility index (Phi) is 4.27. The van der Waals surface area contributed by atoms with Crippen molar-refractivity contribution in [2.75, 3.05) is 33.2 Å². The van der Waals surface area contributed by atoms with Crippen LogP contribution in [-0.2, 0) is 6.42 Å². The average Bonchev–Trinajstić information content (AvgIpc) is 2.97. The largest absolute Gasteiger partial charge is 0.508 e. The predicted molar refractivity (Wildman–Crippen MR) is 82.1 cm³/mol. The van der Waals surface area contributed by atoms with E-state index in [9.17, 15) is 5.11 Å². The number of rotatable bonds is 4. The summed E-state index contributed by atoms with van der Waals surface area (Å²) in [5.74, 6) is 0.406. The molecule has 2 aliphatic rings. The standard InChI is InChI=1S/C17H26N2O/c1-18(11-12-19-9-2-3-10-19)17-6-4-5-14-7-8-15(20)13-16(14)17/h7-8,13,17,20H,2-6,9-12H2,1H3. The lowest BCUT2D eigenvalue weighted by molar-refractivity contribution is 0.190. The molecule has 0 aromatic heterocycles. The molecule has 0 saturated carbocycles. The van der Waals surface area contributed by atoms with E-state index in [1.807, 2.05) is 12.1 Å². The first kappa shape index (κ1) is 13.9. The van der Waals surface area contributed by atoms with Gasteiger partial charge in [0.15, 0.2) is 0 Å². The van der Waals surface area contributed by atoms with Crippen LogP contribution in [0.15, 0.2) is 18.2 Å². The van der Waals surface area contributed by atoms with Crippen LogP contribution < -0.4 is 0 Å². The Balaban J connectivity index is 1.66. The minimum atomic E-state index is 0.406. The van der Waals surface area contributed by atoms with E-state index in [0.717, 1.165) is 13.0 Å². The van der Waals surface area contributed by atoms with Crippen LogP contribution >= 0.6 is 0 Å². The van der Waals surface area contributed by atoms with Crippen LogP contribution in [0.5, 0.6) is 5.75 Å². The highest BCUT2D eigenvalue weighted by molar-refractivity contribution is 5.38. The van der Waals surface area contributed by atoms with Crippen molar-refractivity contribution in [3.8, 4) is 5.75 Å². The van der Waals surface area contributed by atoms with E-state index in [-0.39, 0.29) is 0 Å². The summed E-state index contributed by atoms with van der Waals surface area (Å²) < 4.78 is 0. The molecule has 1 aliphatic heterocycles. The molecule has 3 heteroatoms. The van der Waals surface area contributed by atoms with E-state index in [4.69, 9.17) is 0 Å². The molecule has 0 bridgehead atoms. The second-order valence-electron chi connectivity index (χ2n) is 6.32. The van der Waals surface area contributed by atoms with Gasteiger partial charge < -0.3 is 10.0 Å². The molecule has 3 nitrogen and oxygen atoms in total. The third-order valence-electron chi connectivity index (χ3n) is 4.91. The normalized spacial score (nSPS) is 23.2. The zero-order valence-electron chi connectivity index (χ0n) is 12.5. The van der Waals surface area contributed by atoms with Crippen LogP contribution in [0, 0.1) is 0 Å². The van der Waals surface area contributed by atoms with Gasteiger partial charge in [-0.1, -0.05) is 6.07 Å². The molecule has 110 valence electrons. The summed E-state index contributed by atoms with van der Waals surface area (Å²) in [6.07, 6.45) is 6.36. The Morgan fingerprint density at radius 3 is 2.85 bits per heavy atom. The fourth-order valence-corrected chi connectivity index (χ4v) is 3.68. The molecule has 1 fully saturated rings. The third-order valence-corrected chi connectivity index (χ3v) is 4.91. The number of fused-ring (bicyclic) bond motifs is 1. The Labute approximate surface area is 122 Å². The number of benzene rings is 1. The van der Waals surface area contributed by atoms with Gasteiger partial charge in [0.05, 0.1) is 0 Å². The van der Waals surface area contributed by atoms with Gasteiger partial charge in [0, 0.05) is 19.1 Å². The number of hydrogen-bond donors (Lipinski definition) is 1.